The maximum Gasteiger partial charge on any atom is 3.00 e. The second-order valence-corrected chi connectivity index (χ2v) is 8.19. The molecule has 0 fully saturated rings. The minimum atomic E-state index is 0. The van der Waals surface area contributed by atoms with E-state index in [1.54, 1.807) is 0 Å². The van der Waals surface area contributed by atoms with Gasteiger partial charge in [0.15, 0.2) is 0 Å². The van der Waals surface area contributed by atoms with Gasteiger partial charge in [-0.3, -0.25) is 9.97 Å². The zero-order chi connectivity index (χ0) is 21.1. The molecule has 6 nitrogen and oxygen atoms in total. The molecule has 0 saturated heterocycles. The van der Waals surface area contributed by atoms with Gasteiger partial charge in [0.1, 0.15) is 0 Å². The van der Waals surface area contributed by atoms with E-state index in [1.807, 2.05) is 0 Å². The minimum absolute atomic E-state index is 0. The molecule has 32 heavy (non-hydrogen) atoms. The summed E-state index contributed by atoms with van der Waals surface area (Å²) >= 11 is 0. The summed E-state index contributed by atoms with van der Waals surface area (Å²) in [5.41, 5.74) is 4.53. The Labute approximate surface area is 219 Å². The summed E-state index contributed by atoms with van der Waals surface area (Å²) in [6.07, 6.45) is 0. The van der Waals surface area contributed by atoms with Crippen molar-refractivity contribution in [2.24, 2.45) is 0 Å². The molecule has 0 atom stereocenters. The van der Waals surface area contributed by atoms with E-state index in [-0.39, 0.29) is 48.4 Å². The van der Waals surface area contributed by atoms with Crippen LogP contribution in [0, 0.1) is 14.9 Å². The van der Waals surface area contributed by atoms with E-state index in [1.165, 1.54) is 0 Å². The Morgan fingerprint density at radius 3 is 0.812 bits per heavy atom. The Balaban J connectivity index is -0.000000218. The zero-order valence-electron chi connectivity index (χ0n) is 21.6. The molecular weight excluding hydrogens is 490 g/mol. The van der Waals surface area contributed by atoms with Crippen LogP contribution in [0.2, 0.25) is 0 Å². The third kappa shape index (κ3) is 18.7. The van der Waals surface area contributed by atoms with E-state index in [0.29, 0.717) is 0 Å². The van der Waals surface area contributed by atoms with Crippen molar-refractivity contribution in [1.82, 2.24) is 29.6 Å². The van der Waals surface area contributed by atoms with Gasteiger partial charge in [-0.15, -0.1) is 0 Å². The van der Waals surface area contributed by atoms with Crippen LogP contribution >= 0.6 is 0 Å². The smallest absolute Gasteiger partial charge is 0.358 e. The molecule has 2 aromatic rings. The van der Waals surface area contributed by atoms with Crippen LogP contribution < -0.4 is 0 Å². The van der Waals surface area contributed by atoms with Gasteiger partial charge < -0.3 is 34.5 Å². The number of rotatable bonds is 8. The van der Waals surface area contributed by atoms with Crippen molar-refractivity contribution in [2.45, 2.75) is 26.2 Å². The predicted molar refractivity (Wildman–Crippen MR) is 131 cm³/mol. The molecule has 0 aliphatic carbocycles. The van der Waals surface area contributed by atoms with Crippen LogP contribution in [0.3, 0.4) is 0 Å². The number of hydrogen-bond acceptors (Lipinski definition) is 6. The van der Waals surface area contributed by atoms with Crippen molar-refractivity contribution < 1.29 is 33.6 Å². The summed E-state index contributed by atoms with van der Waals surface area (Å²) in [5, 5.41) is 0. The van der Waals surface area contributed by atoms with E-state index in [2.05, 4.69) is 122 Å². The molecule has 2 aromatic heterocycles. The van der Waals surface area contributed by atoms with Crippen LogP contribution in [0.25, 0.3) is 0 Å². The molecular formula is C24H44Co2N6+4. The van der Waals surface area contributed by atoms with Gasteiger partial charge in [0.2, 0.25) is 0 Å². The molecule has 0 bridgehead atoms. The third-order valence-electron chi connectivity index (χ3n) is 3.64. The SMILES string of the molecule is CN(C)Cc1cccc(CN(C)C)n1.CN(C)Cc1cccc(CN(C)C)n1.[CH3-].[CH3-].[Co+3].[Co+3]. The van der Waals surface area contributed by atoms with Crippen LogP contribution in [0.5, 0.6) is 0 Å². The fraction of sp³-hybridized carbons (Fsp3) is 0.500. The van der Waals surface area contributed by atoms with E-state index in [4.69, 9.17) is 0 Å². The fourth-order valence-corrected chi connectivity index (χ4v) is 2.71. The average Bonchev–Trinajstić information content (AvgIpc) is 2.53. The van der Waals surface area contributed by atoms with Crippen LogP contribution in [0.15, 0.2) is 36.4 Å². The summed E-state index contributed by atoms with van der Waals surface area (Å²) in [5.74, 6) is 0. The molecule has 0 aromatic carbocycles. The normalized spacial score (nSPS) is 9.88. The van der Waals surface area contributed by atoms with Gasteiger partial charge in [0, 0.05) is 26.2 Å². The standard InChI is InChI=1S/2C11H19N3.2CH3.2Co/c2*1-13(2)8-10-6-5-7-11(12-10)9-14(3)4;;;;/h2*5-7H,8-9H2,1-4H3;2*1H3;;/q;;2*-1;2*+3. The Morgan fingerprint density at radius 2 is 0.656 bits per heavy atom. The summed E-state index contributed by atoms with van der Waals surface area (Å²) in [7, 11) is 16.4. The van der Waals surface area contributed by atoms with Crippen LogP contribution in [0.1, 0.15) is 22.8 Å². The van der Waals surface area contributed by atoms with Crippen molar-refractivity contribution in [3.63, 3.8) is 0 Å². The maximum absolute atomic E-state index is 4.57. The Kier molecular flexibility index (Phi) is 24.9. The second-order valence-electron chi connectivity index (χ2n) is 8.19. The summed E-state index contributed by atoms with van der Waals surface area (Å²) in [6, 6.07) is 12.4. The largest absolute Gasteiger partial charge is 3.00 e. The summed E-state index contributed by atoms with van der Waals surface area (Å²) in [6.45, 7) is 3.62. The van der Waals surface area contributed by atoms with E-state index < -0.39 is 0 Å². The van der Waals surface area contributed by atoms with Crippen molar-refractivity contribution >= 4 is 0 Å². The molecule has 0 unspecified atom stereocenters. The predicted octanol–water partition coefficient (Wildman–Crippen LogP) is 3.31. The van der Waals surface area contributed by atoms with Crippen LogP contribution in [0.4, 0.5) is 0 Å². The molecule has 184 valence electrons. The molecule has 2 rings (SSSR count). The van der Waals surface area contributed by atoms with E-state index in [0.717, 1.165) is 49.0 Å². The first kappa shape index (κ1) is 38.4. The number of pyridine rings is 2. The molecule has 0 saturated carbocycles. The molecule has 0 N–H and O–H groups in total. The van der Waals surface area contributed by atoms with Crippen molar-refractivity contribution in [2.75, 3.05) is 56.4 Å². The minimum Gasteiger partial charge on any atom is -0.358 e. The molecule has 0 amide bonds. The van der Waals surface area contributed by atoms with Gasteiger partial charge in [-0.2, -0.15) is 0 Å². The van der Waals surface area contributed by atoms with Gasteiger partial charge in [0.05, 0.1) is 22.8 Å². The Bertz CT molecular complexity index is 584. The van der Waals surface area contributed by atoms with Gasteiger partial charge in [-0.05, 0) is 80.6 Å². The van der Waals surface area contributed by atoms with Crippen molar-refractivity contribution in [3.05, 3.63) is 74.0 Å². The fourth-order valence-electron chi connectivity index (χ4n) is 2.71. The summed E-state index contributed by atoms with van der Waals surface area (Å²) < 4.78 is 0. The monoisotopic (exact) mass is 534 g/mol. The van der Waals surface area contributed by atoms with Gasteiger partial charge >= 0.3 is 33.6 Å². The van der Waals surface area contributed by atoms with E-state index in [9.17, 15) is 0 Å². The number of aromatic nitrogens is 2. The van der Waals surface area contributed by atoms with Crippen molar-refractivity contribution in [3.8, 4) is 0 Å². The first-order valence-electron chi connectivity index (χ1n) is 9.64. The number of hydrogen-bond donors (Lipinski definition) is 0. The van der Waals surface area contributed by atoms with Crippen LogP contribution in [-0.4, -0.2) is 85.9 Å². The number of nitrogens with zero attached hydrogens (tertiary/aromatic N) is 6. The molecule has 0 aliphatic rings. The molecule has 0 aliphatic heterocycles. The second kappa shape index (κ2) is 20.7. The Hall–Kier alpha value is -0.847. The van der Waals surface area contributed by atoms with Gasteiger partial charge in [-0.25, -0.2) is 0 Å². The van der Waals surface area contributed by atoms with E-state index >= 15 is 0 Å². The first-order chi connectivity index (χ1) is 13.2. The Morgan fingerprint density at radius 1 is 0.469 bits per heavy atom. The molecule has 2 heterocycles. The topological polar surface area (TPSA) is 38.7 Å². The van der Waals surface area contributed by atoms with Gasteiger partial charge in [-0.1, -0.05) is 12.1 Å². The van der Waals surface area contributed by atoms with Gasteiger partial charge in [0.25, 0.3) is 0 Å². The van der Waals surface area contributed by atoms with Crippen molar-refractivity contribution in [1.29, 1.82) is 0 Å². The molecule has 0 radical (unpaired) electrons. The van der Waals surface area contributed by atoms with Crippen LogP contribution in [-0.2, 0) is 59.7 Å². The maximum atomic E-state index is 4.57. The third-order valence-corrected chi connectivity index (χ3v) is 3.64. The quantitative estimate of drug-likeness (QED) is 0.484. The average molecular weight is 535 g/mol. The summed E-state index contributed by atoms with van der Waals surface area (Å²) in [4.78, 5) is 17.6. The zero-order valence-corrected chi connectivity index (χ0v) is 23.7. The molecule has 8 heteroatoms. The molecule has 0 spiro atoms. The first-order valence-corrected chi connectivity index (χ1v) is 9.64.